The third-order valence-electron chi connectivity index (χ3n) is 0.887. The predicted octanol–water partition coefficient (Wildman–Crippen LogP) is 0.375. The monoisotopic (exact) mass is 114 g/mol. The molecule has 3 heteroatoms. The summed E-state index contributed by atoms with van der Waals surface area (Å²) in [7, 11) is 0. The van der Waals surface area contributed by atoms with Crippen molar-refractivity contribution in [1.82, 2.24) is 0 Å². The first-order valence-electron chi connectivity index (χ1n) is 2.35. The van der Waals surface area contributed by atoms with E-state index in [0.717, 1.165) is 6.08 Å². The highest BCUT2D eigenvalue weighted by molar-refractivity contribution is 5.83. The van der Waals surface area contributed by atoms with E-state index in [0.29, 0.717) is 13.0 Å². The average Bonchev–Trinajstić information content (AvgIpc) is 1.64. The molecule has 0 aromatic rings. The topological polar surface area (TPSA) is 46.5 Å². The predicted molar refractivity (Wildman–Crippen MR) is 26.3 cm³/mol. The highest BCUT2D eigenvalue weighted by Gasteiger charge is 2.07. The molecule has 0 atom stereocenters. The summed E-state index contributed by atoms with van der Waals surface area (Å²) in [6.45, 7) is 0.307. The van der Waals surface area contributed by atoms with E-state index in [-0.39, 0.29) is 5.76 Å². The van der Waals surface area contributed by atoms with E-state index in [1.54, 1.807) is 0 Å². The smallest absolute Gasteiger partial charge is 0.334 e. The Kier molecular flexibility index (Phi) is 1.20. The van der Waals surface area contributed by atoms with Crippen LogP contribution in [0.3, 0.4) is 0 Å². The van der Waals surface area contributed by atoms with Gasteiger partial charge >= 0.3 is 5.97 Å². The van der Waals surface area contributed by atoms with Crippen LogP contribution in [0.5, 0.6) is 0 Å². The molecule has 1 aliphatic heterocycles. The fourth-order valence-electron chi connectivity index (χ4n) is 0.506. The van der Waals surface area contributed by atoms with Gasteiger partial charge in [0.15, 0.2) is 0 Å². The minimum atomic E-state index is -0.450. The molecule has 0 aromatic heterocycles. The number of hydrogen-bond acceptors (Lipinski definition) is 3. The van der Waals surface area contributed by atoms with Crippen LogP contribution in [0.1, 0.15) is 6.42 Å². The lowest BCUT2D eigenvalue weighted by molar-refractivity contribution is -0.139. The van der Waals surface area contributed by atoms with Crippen LogP contribution in [-0.2, 0) is 9.53 Å². The molecular weight excluding hydrogens is 108 g/mol. The van der Waals surface area contributed by atoms with Crippen LogP contribution < -0.4 is 0 Å². The van der Waals surface area contributed by atoms with Gasteiger partial charge in [0, 0.05) is 6.42 Å². The van der Waals surface area contributed by atoms with Gasteiger partial charge in [0.2, 0.25) is 0 Å². The fraction of sp³-hybridized carbons (Fsp3) is 0.400. The van der Waals surface area contributed by atoms with E-state index >= 15 is 0 Å². The number of carbonyl (C=O) groups excluding carboxylic acids is 1. The van der Waals surface area contributed by atoms with E-state index in [2.05, 4.69) is 4.74 Å². The highest BCUT2D eigenvalue weighted by Crippen LogP contribution is 2.03. The van der Waals surface area contributed by atoms with Crippen molar-refractivity contribution in [2.75, 3.05) is 6.61 Å². The zero-order valence-corrected chi connectivity index (χ0v) is 4.26. The zero-order valence-electron chi connectivity index (χ0n) is 4.26. The fourth-order valence-corrected chi connectivity index (χ4v) is 0.506. The lowest BCUT2D eigenvalue weighted by Gasteiger charge is -2.06. The summed E-state index contributed by atoms with van der Waals surface area (Å²) < 4.78 is 4.47. The molecule has 0 aromatic carbocycles. The van der Waals surface area contributed by atoms with Crippen LogP contribution in [0.15, 0.2) is 11.8 Å². The molecule has 0 aliphatic carbocycles. The number of cyclic esters (lactones) is 1. The zero-order chi connectivity index (χ0) is 5.98. The molecule has 0 radical (unpaired) electrons. The van der Waals surface area contributed by atoms with Gasteiger partial charge in [-0.25, -0.2) is 4.79 Å². The van der Waals surface area contributed by atoms with E-state index in [1.165, 1.54) is 0 Å². The van der Waals surface area contributed by atoms with Crippen molar-refractivity contribution < 1.29 is 14.6 Å². The van der Waals surface area contributed by atoms with Crippen LogP contribution in [0.25, 0.3) is 0 Å². The molecule has 0 amide bonds. The van der Waals surface area contributed by atoms with Gasteiger partial charge < -0.3 is 9.84 Å². The number of hydrogen-bond donors (Lipinski definition) is 1. The molecule has 44 valence electrons. The number of carbonyl (C=O) groups is 1. The number of esters is 1. The Morgan fingerprint density at radius 3 is 2.88 bits per heavy atom. The molecule has 1 heterocycles. The molecule has 1 rings (SSSR count). The van der Waals surface area contributed by atoms with Gasteiger partial charge in [-0.3, -0.25) is 0 Å². The Morgan fingerprint density at radius 1 is 1.75 bits per heavy atom. The van der Waals surface area contributed by atoms with Crippen molar-refractivity contribution in [2.45, 2.75) is 6.42 Å². The number of aliphatic hydroxyl groups excluding tert-OH is 1. The minimum absolute atomic E-state index is 0.112. The van der Waals surface area contributed by atoms with Gasteiger partial charge in [0.25, 0.3) is 0 Å². The summed E-state index contributed by atoms with van der Waals surface area (Å²) in [6.07, 6.45) is 1.54. The first kappa shape index (κ1) is 5.15. The molecular formula is C5H6O3. The van der Waals surface area contributed by atoms with Crippen LogP contribution in [-0.4, -0.2) is 17.7 Å². The second kappa shape index (κ2) is 1.86. The third-order valence-corrected chi connectivity index (χ3v) is 0.887. The maximum atomic E-state index is 10.2. The van der Waals surface area contributed by atoms with Gasteiger partial charge in [0.1, 0.15) is 5.76 Å². The summed E-state index contributed by atoms with van der Waals surface area (Å²) >= 11 is 0. The normalized spacial score (nSPS) is 19.5. The van der Waals surface area contributed by atoms with Crippen molar-refractivity contribution in [3.05, 3.63) is 11.8 Å². The Morgan fingerprint density at radius 2 is 2.50 bits per heavy atom. The van der Waals surface area contributed by atoms with Gasteiger partial charge in [-0.2, -0.15) is 0 Å². The van der Waals surface area contributed by atoms with Crippen LogP contribution >= 0.6 is 0 Å². The Bertz CT molecular complexity index is 137. The molecule has 0 saturated carbocycles. The van der Waals surface area contributed by atoms with E-state index in [9.17, 15) is 4.79 Å². The van der Waals surface area contributed by atoms with Gasteiger partial charge in [-0.05, 0) is 0 Å². The molecule has 0 fully saturated rings. The van der Waals surface area contributed by atoms with Crippen molar-refractivity contribution in [3.63, 3.8) is 0 Å². The van der Waals surface area contributed by atoms with Crippen molar-refractivity contribution in [2.24, 2.45) is 0 Å². The van der Waals surface area contributed by atoms with E-state index < -0.39 is 5.97 Å². The van der Waals surface area contributed by atoms with Crippen molar-refractivity contribution in [1.29, 1.82) is 0 Å². The first-order valence-corrected chi connectivity index (χ1v) is 2.35. The summed E-state index contributed by atoms with van der Waals surface area (Å²) in [4.78, 5) is 10.2. The van der Waals surface area contributed by atoms with Crippen LogP contribution in [0.2, 0.25) is 0 Å². The van der Waals surface area contributed by atoms with Crippen molar-refractivity contribution in [3.8, 4) is 0 Å². The number of rotatable bonds is 0. The Labute approximate surface area is 46.6 Å². The first-order chi connectivity index (χ1) is 3.79. The molecule has 1 N–H and O–H groups in total. The Balaban J connectivity index is 2.64. The van der Waals surface area contributed by atoms with E-state index in [4.69, 9.17) is 5.11 Å². The average molecular weight is 114 g/mol. The van der Waals surface area contributed by atoms with Crippen LogP contribution in [0.4, 0.5) is 0 Å². The lowest BCUT2D eigenvalue weighted by atomic mass is 10.3. The van der Waals surface area contributed by atoms with Gasteiger partial charge in [-0.15, -0.1) is 0 Å². The molecule has 0 unspecified atom stereocenters. The van der Waals surface area contributed by atoms with Gasteiger partial charge in [-0.1, -0.05) is 0 Å². The van der Waals surface area contributed by atoms with Crippen LogP contribution in [0, 0.1) is 0 Å². The Hall–Kier alpha value is -0.990. The molecule has 0 saturated heterocycles. The number of aliphatic hydroxyl groups is 1. The second-order valence-electron chi connectivity index (χ2n) is 1.55. The molecule has 0 spiro atoms. The maximum Gasteiger partial charge on any atom is 0.334 e. The molecule has 0 bridgehead atoms. The van der Waals surface area contributed by atoms with Gasteiger partial charge in [0.05, 0.1) is 12.7 Å². The quantitative estimate of drug-likeness (QED) is 0.463. The molecule has 1 aliphatic rings. The van der Waals surface area contributed by atoms with E-state index in [1.807, 2.05) is 0 Å². The maximum absolute atomic E-state index is 10.2. The summed E-state index contributed by atoms with van der Waals surface area (Å²) in [6, 6.07) is 0. The summed E-state index contributed by atoms with van der Waals surface area (Å²) in [5.41, 5.74) is 0. The van der Waals surface area contributed by atoms with Crippen molar-refractivity contribution >= 4 is 5.97 Å². The number of ether oxygens (including phenoxy) is 1. The standard InChI is InChI=1S/C5H6O3/c6-4-1-2-8-5(7)3-4/h3,6H,1-2H2. The SMILES string of the molecule is O=C1C=C(O)CCO1. The lowest BCUT2D eigenvalue weighted by Crippen LogP contribution is -2.09. The molecule has 8 heavy (non-hydrogen) atoms. The highest BCUT2D eigenvalue weighted by atomic mass is 16.5. The summed E-state index contributed by atoms with van der Waals surface area (Å²) in [5, 5.41) is 8.64. The minimum Gasteiger partial charge on any atom is -0.512 e. The third kappa shape index (κ3) is 0.992. The second-order valence-corrected chi connectivity index (χ2v) is 1.55. The largest absolute Gasteiger partial charge is 0.512 e. The summed E-state index contributed by atoms with van der Waals surface area (Å²) in [5.74, 6) is -0.338. The molecule has 3 nitrogen and oxygen atoms in total.